The van der Waals surface area contributed by atoms with Crippen molar-refractivity contribution in [2.75, 3.05) is 5.73 Å². The summed E-state index contributed by atoms with van der Waals surface area (Å²) in [5.41, 5.74) is 9.35. The molecule has 0 radical (unpaired) electrons. The number of aryl methyl sites for hydroxylation is 2. The lowest BCUT2D eigenvalue weighted by atomic mass is 10.2. The lowest BCUT2D eigenvalue weighted by Crippen LogP contribution is -1.93. The number of nitrogen functional groups attached to an aromatic ring is 1. The number of nitrogens with two attached hydrogens (primary N) is 1. The Hall–Kier alpha value is -1.71. The van der Waals surface area contributed by atoms with Crippen molar-refractivity contribution in [3.05, 3.63) is 24.0 Å². The lowest BCUT2D eigenvalue weighted by molar-refractivity contribution is 0.926. The molecule has 0 saturated heterocycles. The van der Waals surface area contributed by atoms with Gasteiger partial charge in [0.1, 0.15) is 5.69 Å². The standard InChI is InChI=1S/C9H12N4/c1-6-8(10)9(12-11-6)7-4-3-5-13(7)2/h3-5H,10H2,1-2H3,(H,11,12). The van der Waals surface area contributed by atoms with Crippen molar-refractivity contribution in [2.24, 2.45) is 7.05 Å². The molecule has 4 heteroatoms. The van der Waals surface area contributed by atoms with Gasteiger partial charge in [-0.3, -0.25) is 5.10 Å². The molecule has 0 aliphatic rings. The Labute approximate surface area is 76.4 Å². The molecule has 2 aromatic rings. The van der Waals surface area contributed by atoms with Gasteiger partial charge in [0.25, 0.3) is 0 Å². The first-order valence-corrected chi connectivity index (χ1v) is 4.12. The van der Waals surface area contributed by atoms with E-state index in [1.807, 2.05) is 36.9 Å². The quantitative estimate of drug-likeness (QED) is 0.688. The fourth-order valence-electron chi connectivity index (χ4n) is 1.34. The molecule has 0 aliphatic carbocycles. The number of H-pyrrole nitrogens is 1. The van der Waals surface area contributed by atoms with E-state index < -0.39 is 0 Å². The van der Waals surface area contributed by atoms with Gasteiger partial charge in [-0.1, -0.05) is 0 Å². The maximum atomic E-state index is 5.86. The Morgan fingerprint density at radius 2 is 2.31 bits per heavy atom. The van der Waals surface area contributed by atoms with E-state index in [-0.39, 0.29) is 0 Å². The second-order valence-corrected chi connectivity index (χ2v) is 3.12. The predicted octanol–water partition coefficient (Wildman–Crippen LogP) is 1.31. The fourth-order valence-corrected chi connectivity index (χ4v) is 1.34. The molecule has 3 N–H and O–H groups in total. The molecule has 0 unspecified atom stereocenters. The van der Waals surface area contributed by atoms with Crippen LogP contribution in [0.25, 0.3) is 11.4 Å². The number of aromatic nitrogens is 3. The molecule has 0 saturated carbocycles. The molecule has 0 bridgehead atoms. The molecule has 2 aromatic heterocycles. The van der Waals surface area contributed by atoms with Crippen LogP contribution in [0.4, 0.5) is 5.69 Å². The van der Waals surface area contributed by atoms with Crippen LogP contribution in [0.2, 0.25) is 0 Å². The summed E-state index contributed by atoms with van der Waals surface area (Å²) >= 11 is 0. The molecule has 2 rings (SSSR count). The Morgan fingerprint density at radius 1 is 1.54 bits per heavy atom. The molecule has 0 amide bonds. The molecule has 0 aliphatic heterocycles. The van der Waals surface area contributed by atoms with Gasteiger partial charge in [-0.05, 0) is 19.1 Å². The van der Waals surface area contributed by atoms with Crippen molar-refractivity contribution >= 4 is 5.69 Å². The minimum absolute atomic E-state index is 0.724. The van der Waals surface area contributed by atoms with Crippen LogP contribution in [0.1, 0.15) is 5.69 Å². The second-order valence-electron chi connectivity index (χ2n) is 3.12. The van der Waals surface area contributed by atoms with Gasteiger partial charge in [-0.25, -0.2) is 0 Å². The van der Waals surface area contributed by atoms with E-state index in [0.717, 1.165) is 22.8 Å². The summed E-state index contributed by atoms with van der Waals surface area (Å²) in [7, 11) is 1.97. The zero-order chi connectivity index (χ0) is 9.42. The van der Waals surface area contributed by atoms with E-state index in [1.54, 1.807) is 0 Å². The van der Waals surface area contributed by atoms with Crippen LogP contribution < -0.4 is 5.73 Å². The summed E-state index contributed by atoms with van der Waals surface area (Å²) in [6.45, 7) is 1.91. The lowest BCUT2D eigenvalue weighted by Gasteiger charge is -1.99. The molecule has 0 spiro atoms. The van der Waals surface area contributed by atoms with Crippen LogP contribution in [0.15, 0.2) is 18.3 Å². The van der Waals surface area contributed by atoms with Gasteiger partial charge in [-0.15, -0.1) is 0 Å². The molecule has 0 atom stereocenters. The van der Waals surface area contributed by atoms with Crippen LogP contribution in [0, 0.1) is 6.92 Å². The zero-order valence-electron chi connectivity index (χ0n) is 7.70. The van der Waals surface area contributed by atoms with Crippen LogP contribution in [-0.4, -0.2) is 14.8 Å². The molecule has 0 aromatic carbocycles. The van der Waals surface area contributed by atoms with E-state index in [9.17, 15) is 0 Å². The largest absolute Gasteiger partial charge is 0.395 e. The van der Waals surface area contributed by atoms with Crippen molar-refractivity contribution in [1.82, 2.24) is 14.8 Å². The maximum absolute atomic E-state index is 5.86. The summed E-state index contributed by atoms with van der Waals surface area (Å²) in [6, 6.07) is 3.96. The van der Waals surface area contributed by atoms with Gasteiger partial charge in [0.05, 0.1) is 17.1 Å². The van der Waals surface area contributed by atoms with Crippen LogP contribution in [0.5, 0.6) is 0 Å². The highest BCUT2D eigenvalue weighted by Gasteiger charge is 2.10. The highest BCUT2D eigenvalue weighted by Crippen LogP contribution is 2.24. The van der Waals surface area contributed by atoms with Crippen molar-refractivity contribution < 1.29 is 0 Å². The van der Waals surface area contributed by atoms with Gasteiger partial charge < -0.3 is 10.3 Å². The van der Waals surface area contributed by atoms with Crippen molar-refractivity contribution in [3.63, 3.8) is 0 Å². The number of nitrogens with one attached hydrogen (secondary N) is 1. The third-order valence-electron chi connectivity index (χ3n) is 2.18. The monoisotopic (exact) mass is 176 g/mol. The number of aromatic amines is 1. The number of rotatable bonds is 1. The Balaban J connectivity index is 2.59. The Kier molecular flexibility index (Phi) is 1.62. The minimum atomic E-state index is 0.724. The first-order chi connectivity index (χ1) is 6.20. The summed E-state index contributed by atoms with van der Waals surface area (Å²) in [4.78, 5) is 0. The minimum Gasteiger partial charge on any atom is -0.395 e. The molecule has 0 fully saturated rings. The van der Waals surface area contributed by atoms with E-state index in [2.05, 4.69) is 10.2 Å². The first kappa shape index (κ1) is 7.91. The molecule has 68 valence electrons. The van der Waals surface area contributed by atoms with Crippen molar-refractivity contribution in [2.45, 2.75) is 6.92 Å². The number of hydrogen-bond donors (Lipinski definition) is 2. The average molecular weight is 176 g/mol. The van der Waals surface area contributed by atoms with Gasteiger partial charge >= 0.3 is 0 Å². The van der Waals surface area contributed by atoms with Crippen LogP contribution in [0.3, 0.4) is 0 Å². The highest BCUT2D eigenvalue weighted by molar-refractivity contribution is 5.71. The van der Waals surface area contributed by atoms with Crippen molar-refractivity contribution in [3.8, 4) is 11.4 Å². The van der Waals surface area contributed by atoms with E-state index >= 15 is 0 Å². The molecular weight excluding hydrogens is 164 g/mol. The molecule has 4 nitrogen and oxygen atoms in total. The summed E-state index contributed by atoms with van der Waals surface area (Å²) in [6.07, 6.45) is 1.97. The van der Waals surface area contributed by atoms with Gasteiger partial charge in [0, 0.05) is 13.2 Å². The fraction of sp³-hybridized carbons (Fsp3) is 0.222. The summed E-state index contributed by atoms with van der Waals surface area (Å²) < 4.78 is 1.99. The Bertz CT molecular complexity index is 425. The topological polar surface area (TPSA) is 59.6 Å². The van der Waals surface area contributed by atoms with E-state index in [1.165, 1.54) is 0 Å². The van der Waals surface area contributed by atoms with Gasteiger partial charge in [0.2, 0.25) is 0 Å². The van der Waals surface area contributed by atoms with Gasteiger partial charge in [0.15, 0.2) is 0 Å². The van der Waals surface area contributed by atoms with E-state index in [4.69, 9.17) is 5.73 Å². The first-order valence-electron chi connectivity index (χ1n) is 4.12. The van der Waals surface area contributed by atoms with E-state index in [0.29, 0.717) is 0 Å². The average Bonchev–Trinajstić information content (AvgIpc) is 2.62. The third-order valence-corrected chi connectivity index (χ3v) is 2.18. The van der Waals surface area contributed by atoms with Crippen LogP contribution >= 0.6 is 0 Å². The second kappa shape index (κ2) is 2.65. The van der Waals surface area contributed by atoms with Crippen molar-refractivity contribution in [1.29, 1.82) is 0 Å². The maximum Gasteiger partial charge on any atom is 0.132 e. The number of nitrogens with zero attached hydrogens (tertiary/aromatic N) is 2. The van der Waals surface area contributed by atoms with Crippen LogP contribution in [-0.2, 0) is 7.05 Å². The normalized spacial score (nSPS) is 10.6. The highest BCUT2D eigenvalue weighted by atomic mass is 15.1. The molecular formula is C9H12N4. The molecule has 2 heterocycles. The zero-order valence-corrected chi connectivity index (χ0v) is 7.70. The predicted molar refractivity (Wildman–Crippen MR) is 52.1 cm³/mol. The number of anilines is 1. The molecule has 13 heavy (non-hydrogen) atoms. The Morgan fingerprint density at radius 3 is 2.77 bits per heavy atom. The smallest absolute Gasteiger partial charge is 0.132 e. The summed E-state index contributed by atoms with van der Waals surface area (Å²) in [5, 5.41) is 7.01. The number of hydrogen-bond acceptors (Lipinski definition) is 2. The third kappa shape index (κ3) is 1.11. The summed E-state index contributed by atoms with van der Waals surface area (Å²) in [5.74, 6) is 0. The van der Waals surface area contributed by atoms with Gasteiger partial charge in [-0.2, -0.15) is 5.10 Å². The SMILES string of the molecule is Cc1[nH]nc(-c2cccn2C)c1N.